The minimum Gasteiger partial charge on any atom is -0.472 e. The second-order valence-corrected chi connectivity index (χ2v) is 4.01. The summed E-state index contributed by atoms with van der Waals surface area (Å²) < 4.78 is 4.88. The summed E-state index contributed by atoms with van der Waals surface area (Å²) in [6, 6.07) is 1.74. The van der Waals surface area contributed by atoms with Crippen LogP contribution in [0.1, 0.15) is 56.3 Å². The highest BCUT2D eigenvalue weighted by Crippen LogP contribution is 2.17. The van der Waals surface area contributed by atoms with Crippen LogP contribution in [0.25, 0.3) is 0 Å². The largest absolute Gasteiger partial charge is 0.472 e. The van der Waals surface area contributed by atoms with Crippen molar-refractivity contribution >= 4 is 5.78 Å². The van der Waals surface area contributed by atoms with Crippen molar-refractivity contribution < 1.29 is 9.21 Å². The van der Waals surface area contributed by atoms with Crippen LogP contribution >= 0.6 is 0 Å². The van der Waals surface area contributed by atoms with Gasteiger partial charge in [0.05, 0.1) is 11.8 Å². The van der Waals surface area contributed by atoms with Gasteiger partial charge in [0, 0.05) is 6.42 Å². The maximum absolute atomic E-state index is 11.6. The molecule has 0 fully saturated rings. The molecule has 0 radical (unpaired) electrons. The molecule has 0 unspecified atom stereocenters. The molecule has 0 N–H and O–H groups in total. The van der Waals surface area contributed by atoms with Gasteiger partial charge in [0.15, 0.2) is 5.78 Å². The molecule has 1 aromatic heterocycles. The minimum atomic E-state index is 0.203. The van der Waals surface area contributed by atoms with Crippen LogP contribution < -0.4 is 0 Å². The van der Waals surface area contributed by atoms with Crippen LogP contribution in [0.2, 0.25) is 0 Å². The Morgan fingerprint density at radius 3 is 2.67 bits per heavy atom. The lowest BCUT2D eigenvalue weighted by Gasteiger charge is -2.10. The quantitative estimate of drug-likeness (QED) is 0.632. The van der Waals surface area contributed by atoms with Gasteiger partial charge in [0.1, 0.15) is 6.26 Å². The molecule has 1 rings (SSSR count). The summed E-state index contributed by atoms with van der Waals surface area (Å²) in [7, 11) is 0. The van der Waals surface area contributed by atoms with Gasteiger partial charge >= 0.3 is 0 Å². The Kier molecular flexibility index (Phi) is 5.16. The maximum Gasteiger partial charge on any atom is 0.166 e. The standard InChI is InChI=1S/C13H20O2/c1-3-11(4-2)6-5-7-13(14)12-8-9-15-10-12/h8-11H,3-7H2,1-2H3. The van der Waals surface area contributed by atoms with E-state index in [9.17, 15) is 4.79 Å². The van der Waals surface area contributed by atoms with Gasteiger partial charge in [0.25, 0.3) is 0 Å². The Labute approximate surface area is 91.7 Å². The lowest BCUT2D eigenvalue weighted by Crippen LogP contribution is -2.01. The average molecular weight is 208 g/mol. The van der Waals surface area contributed by atoms with E-state index in [1.54, 1.807) is 12.3 Å². The van der Waals surface area contributed by atoms with Crippen molar-refractivity contribution in [2.24, 2.45) is 5.92 Å². The molecule has 0 atom stereocenters. The predicted molar refractivity (Wildman–Crippen MR) is 61.0 cm³/mol. The van der Waals surface area contributed by atoms with E-state index in [0.29, 0.717) is 12.0 Å². The predicted octanol–water partition coefficient (Wildman–Crippen LogP) is 4.07. The average Bonchev–Trinajstić information content (AvgIpc) is 2.77. The lowest BCUT2D eigenvalue weighted by atomic mass is 9.95. The summed E-state index contributed by atoms with van der Waals surface area (Å²) in [6.07, 6.45) is 8.32. The smallest absolute Gasteiger partial charge is 0.166 e. The summed E-state index contributed by atoms with van der Waals surface area (Å²) in [5, 5.41) is 0. The second-order valence-electron chi connectivity index (χ2n) is 4.01. The lowest BCUT2D eigenvalue weighted by molar-refractivity contribution is 0.0977. The highest BCUT2D eigenvalue weighted by atomic mass is 16.3. The van der Waals surface area contributed by atoms with Gasteiger partial charge in [-0.15, -0.1) is 0 Å². The van der Waals surface area contributed by atoms with E-state index in [4.69, 9.17) is 4.42 Å². The van der Waals surface area contributed by atoms with Gasteiger partial charge in [-0.2, -0.15) is 0 Å². The Morgan fingerprint density at radius 2 is 2.13 bits per heavy atom. The normalized spacial score (nSPS) is 10.9. The molecule has 2 heteroatoms. The Morgan fingerprint density at radius 1 is 1.40 bits per heavy atom. The Balaban J connectivity index is 2.23. The van der Waals surface area contributed by atoms with Crippen molar-refractivity contribution in [1.82, 2.24) is 0 Å². The number of rotatable bonds is 7. The fourth-order valence-electron chi connectivity index (χ4n) is 1.82. The van der Waals surface area contributed by atoms with Crippen LogP contribution in [0.5, 0.6) is 0 Å². The topological polar surface area (TPSA) is 30.2 Å². The van der Waals surface area contributed by atoms with Gasteiger partial charge in [-0.25, -0.2) is 0 Å². The molecule has 0 amide bonds. The van der Waals surface area contributed by atoms with E-state index in [1.165, 1.54) is 19.1 Å². The van der Waals surface area contributed by atoms with Crippen molar-refractivity contribution in [3.05, 3.63) is 24.2 Å². The van der Waals surface area contributed by atoms with Gasteiger partial charge in [-0.1, -0.05) is 33.1 Å². The van der Waals surface area contributed by atoms with Crippen LogP contribution in [0.4, 0.5) is 0 Å². The summed E-state index contributed by atoms with van der Waals surface area (Å²) in [6.45, 7) is 4.43. The van der Waals surface area contributed by atoms with Crippen LogP contribution in [0.15, 0.2) is 23.0 Å². The monoisotopic (exact) mass is 208 g/mol. The minimum absolute atomic E-state index is 0.203. The molecule has 0 bridgehead atoms. The molecule has 1 aromatic rings. The summed E-state index contributed by atoms with van der Waals surface area (Å²) in [5.41, 5.74) is 0.708. The van der Waals surface area contributed by atoms with Crippen molar-refractivity contribution in [3.8, 4) is 0 Å². The molecule has 0 aliphatic heterocycles. The number of furan rings is 1. The highest BCUT2D eigenvalue weighted by Gasteiger charge is 2.08. The van der Waals surface area contributed by atoms with Crippen molar-refractivity contribution in [3.63, 3.8) is 0 Å². The third-order valence-corrected chi connectivity index (χ3v) is 3.01. The number of hydrogen-bond donors (Lipinski definition) is 0. The summed E-state index contributed by atoms with van der Waals surface area (Å²) in [4.78, 5) is 11.6. The fraction of sp³-hybridized carbons (Fsp3) is 0.615. The molecule has 0 aliphatic rings. The van der Waals surface area contributed by atoms with Crippen molar-refractivity contribution in [2.45, 2.75) is 46.0 Å². The van der Waals surface area contributed by atoms with Crippen LogP contribution in [0, 0.1) is 5.92 Å². The Hall–Kier alpha value is -1.05. The number of ketones is 1. The molecule has 0 spiro atoms. The van der Waals surface area contributed by atoms with E-state index in [1.807, 2.05) is 0 Å². The number of hydrogen-bond acceptors (Lipinski definition) is 2. The molecule has 1 heterocycles. The van der Waals surface area contributed by atoms with Crippen molar-refractivity contribution in [2.75, 3.05) is 0 Å². The zero-order chi connectivity index (χ0) is 11.1. The maximum atomic E-state index is 11.6. The third kappa shape index (κ3) is 3.90. The first-order chi connectivity index (χ1) is 7.27. The molecule has 84 valence electrons. The second kappa shape index (κ2) is 6.44. The van der Waals surface area contributed by atoms with Crippen molar-refractivity contribution in [1.29, 1.82) is 0 Å². The van der Waals surface area contributed by atoms with E-state index >= 15 is 0 Å². The van der Waals surface area contributed by atoms with Gasteiger partial charge in [0.2, 0.25) is 0 Å². The molecule has 2 nitrogen and oxygen atoms in total. The summed E-state index contributed by atoms with van der Waals surface area (Å²) in [5.74, 6) is 0.983. The molecule has 0 saturated heterocycles. The molecule has 0 aromatic carbocycles. The zero-order valence-electron chi connectivity index (χ0n) is 9.66. The van der Waals surface area contributed by atoms with Gasteiger partial charge in [-0.3, -0.25) is 4.79 Å². The van der Waals surface area contributed by atoms with Gasteiger partial charge in [-0.05, 0) is 18.4 Å². The third-order valence-electron chi connectivity index (χ3n) is 3.01. The SMILES string of the molecule is CCC(CC)CCCC(=O)c1ccoc1. The van der Waals surface area contributed by atoms with E-state index in [0.717, 1.165) is 18.8 Å². The van der Waals surface area contributed by atoms with E-state index in [2.05, 4.69) is 13.8 Å². The van der Waals surface area contributed by atoms with Crippen LogP contribution in [0.3, 0.4) is 0 Å². The van der Waals surface area contributed by atoms with Gasteiger partial charge < -0.3 is 4.42 Å². The first-order valence-corrected chi connectivity index (χ1v) is 5.83. The van der Waals surface area contributed by atoms with Crippen LogP contribution in [-0.2, 0) is 0 Å². The number of carbonyl (C=O) groups is 1. The molecular weight excluding hydrogens is 188 g/mol. The summed E-state index contributed by atoms with van der Waals surface area (Å²) >= 11 is 0. The molecule has 0 aliphatic carbocycles. The van der Waals surface area contributed by atoms with Crippen LogP contribution in [-0.4, -0.2) is 5.78 Å². The zero-order valence-corrected chi connectivity index (χ0v) is 9.66. The highest BCUT2D eigenvalue weighted by molar-refractivity contribution is 5.95. The van der Waals surface area contributed by atoms with E-state index < -0.39 is 0 Å². The number of Topliss-reactive ketones (excluding diaryl/α,β-unsaturated/α-hetero) is 1. The molecular formula is C13H20O2. The Bertz CT molecular complexity index is 271. The number of carbonyl (C=O) groups excluding carboxylic acids is 1. The molecule has 0 saturated carbocycles. The van der Waals surface area contributed by atoms with E-state index in [-0.39, 0.29) is 5.78 Å². The molecule has 15 heavy (non-hydrogen) atoms. The first kappa shape index (κ1) is 12.0. The fourth-order valence-corrected chi connectivity index (χ4v) is 1.82. The first-order valence-electron chi connectivity index (χ1n) is 5.83.